The average Bonchev–Trinajstić information content (AvgIpc) is 1.99. The standard InChI is InChI=1S/C11H19NO3/c1-6-7-9(8(2)13)12-10(14)15-11(3,4)5/h6,9H,1,7H2,2-5H3,(H,12,14)/t9-/m1/s1. The number of carbonyl (C=O) groups excluding carboxylic acids is 2. The van der Waals surface area contributed by atoms with Crippen molar-refractivity contribution in [3.8, 4) is 0 Å². The topological polar surface area (TPSA) is 55.4 Å². The predicted molar refractivity (Wildman–Crippen MR) is 58.7 cm³/mol. The van der Waals surface area contributed by atoms with Crippen molar-refractivity contribution in [1.82, 2.24) is 5.32 Å². The molecule has 4 nitrogen and oxygen atoms in total. The van der Waals surface area contributed by atoms with Gasteiger partial charge in [-0.2, -0.15) is 0 Å². The number of hydrogen-bond acceptors (Lipinski definition) is 3. The maximum Gasteiger partial charge on any atom is 0.408 e. The molecule has 0 bridgehead atoms. The quantitative estimate of drug-likeness (QED) is 0.727. The van der Waals surface area contributed by atoms with Crippen LogP contribution >= 0.6 is 0 Å². The highest BCUT2D eigenvalue weighted by molar-refractivity contribution is 5.85. The van der Waals surface area contributed by atoms with Crippen LogP contribution in [-0.4, -0.2) is 23.5 Å². The first-order valence-corrected chi connectivity index (χ1v) is 4.87. The van der Waals surface area contributed by atoms with Gasteiger partial charge in [0.25, 0.3) is 0 Å². The average molecular weight is 213 g/mol. The van der Waals surface area contributed by atoms with Crippen LogP contribution in [0.5, 0.6) is 0 Å². The van der Waals surface area contributed by atoms with Gasteiger partial charge in [-0.3, -0.25) is 4.79 Å². The van der Waals surface area contributed by atoms with Gasteiger partial charge < -0.3 is 10.1 Å². The smallest absolute Gasteiger partial charge is 0.408 e. The molecule has 0 fully saturated rings. The summed E-state index contributed by atoms with van der Waals surface area (Å²) in [5, 5.41) is 2.49. The van der Waals surface area contributed by atoms with Gasteiger partial charge in [0.2, 0.25) is 0 Å². The highest BCUT2D eigenvalue weighted by Crippen LogP contribution is 2.07. The number of carbonyl (C=O) groups is 2. The molecular formula is C11H19NO3. The summed E-state index contributed by atoms with van der Waals surface area (Å²) in [6, 6.07) is -0.544. The van der Waals surface area contributed by atoms with E-state index in [1.165, 1.54) is 6.92 Å². The molecule has 1 amide bonds. The molecule has 86 valence electrons. The second kappa shape index (κ2) is 5.53. The lowest BCUT2D eigenvalue weighted by Gasteiger charge is -2.22. The molecule has 4 heteroatoms. The largest absolute Gasteiger partial charge is 0.444 e. The van der Waals surface area contributed by atoms with E-state index in [1.54, 1.807) is 26.8 Å². The Bertz CT molecular complexity index is 253. The maximum atomic E-state index is 11.3. The summed E-state index contributed by atoms with van der Waals surface area (Å²) in [4.78, 5) is 22.4. The lowest BCUT2D eigenvalue weighted by atomic mass is 10.1. The van der Waals surface area contributed by atoms with E-state index in [9.17, 15) is 9.59 Å². The normalized spacial score (nSPS) is 12.8. The summed E-state index contributed by atoms with van der Waals surface area (Å²) in [6.07, 6.45) is 1.42. The minimum absolute atomic E-state index is 0.110. The van der Waals surface area contributed by atoms with E-state index in [0.29, 0.717) is 6.42 Å². The molecule has 1 N–H and O–H groups in total. The highest BCUT2D eigenvalue weighted by atomic mass is 16.6. The number of nitrogens with one attached hydrogen (secondary N) is 1. The molecule has 15 heavy (non-hydrogen) atoms. The van der Waals surface area contributed by atoms with Gasteiger partial charge >= 0.3 is 6.09 Å². The van der Waals surface area contributed by atoms with Crippen molar-refractivity contribution in [2.75, 3.05) is 0 Å². The van der Waals surface area contributed by atoms with Crippen LogP contribution in [0.3, 0.4) is 0 Å². The molecule has 0 aliphatic rings. The molecule has 0 spiro atoms. The first-order valence-electron chi connectivity index (χ1n) is 4.87. The zero-order valence-corrected chi connectivity index (χ0v) is 9.79. The van der Waals surface area contributed by atoms with E-state index in [-0.39, 0.29) is 5.78 Å². The lowest BCUT2D eigenvalue weighted by Crippen LogP contribution is -2.42. The third-order valence-electron chi connectivity index (χ3n) is 1.58. The van der Waals surface area contributed by atoms with Crippen molar-refractivity contribution < 1.29 is 14.3 Å². The van der Waals surface area contributed by atoms with Crippen LogP contribution in [-0.2, 0) is 9.53 Å². The number of amides is 1. The first-order chi connectivity index (χ1) is 6.76. The molecule has 0 radical (unpaired) electrons. The van der Waals surface area contributed by atoms with Crippen molar-refractivity contribution in [3.63, 3.8) is 0 Å². The van der Waals surface area contributed by atoms with Crippen molar-refractivity contribution >= 4 is 11.9 Å². The summed E-state index contributed by atoms with van der Waals surface area (Å²) in [6.45, 7) is 10.2. The van der Waals surface area contributed by atoms with Crippen LogP contribution in [0.4, 0.5) is 4.79 Å². The molecule has 0 saturated heterocycles. The summed E-state index contributed by atoms with van der Waals surface area (Å²) < 4.78 is 5.03. The van der Waals surface area contributed by atoms with Crippen LogP contribution < -0.4 is 5.32 Å². The Morgan fingerprint density at radius 2 is 2.00 bits per heavy atom. The van der Waals surface area contributed by atoms with Gasteiger partial charge in [0.05, 0.1) is 6.04 Å². The minimum atomic E-state index is -0.579. The van der Waals surface area contributed by atoms with Gasteiger partial charge in [-0.25, -0.2) is 4.79 Å². The molecule has 0 unspecified atom stereocenters. The number of Topliss-reactive ketones (excluding diaryl/α,β-unsaturated/α-hetero) is 1. The Morgan fingerprint density at radius 3 is 2.33 bits per heavy atom. The molecule has 0 aromatic rings. The number of rotatable bonds is 4. The summed E-state index contributed by atoms with van der Waals surface area (Å²) in [5.74, 6) is -0.110. The maximum absolute atomic E-state index is 11.3. The summed E-state index contributed by atoms with van der Waals surface area (Å²) in [5.41, 5.74) is -0.556. The Kier molecular flexibility index (Phi) is 5.05. The van der Waals surface area contributed by atoms with E-state index in [1.807, 2.05) is 0 Å². The third-order valence-corrected chi connectivity index (χ3v) is 1.58. The first kappa shape index (κ1) is 13.7. The van der Waals surface area contributed by atoms with Crippen molar-refractivity contribution in [1.29, 1.82) is 0 Å². The van der Waals surface area contributed by atoms with Crippen molar-refractivity contribution in [3.05, 3.63) is 12.7 Å². The molecule has 0 aromatic heterocycles. The van der Waals surface area contributed by atoms with Crippen LogP contribution in [0.1, 0.15) is 34.1 Å². The molecule has 1 atom stereocenters. The van der Waals surface area contributed by atoms with E-state index in [0.717, 1.165) is 0 Å². The number of alkyl carbamates (subject to hydrolysis) is 1. The van der Waals surface area contributed by atoms with E-state index >= 15 is 0 Å². The van der Waals surface area contributed by atoms with Crippen molar-refractivity contribution in [2.45, 2.75) is 45.8 Å². The summed E-state index contributed by atoms with van der Waals surface area (Å²) in [7, 11) is 0. The Hall–Kier alpha value is -1.32. The monoisotopic (exact) mass is 213 g/mol. The molecule has 0 saturated carbocycles. The Balaban J connectivity index is 4.23. The molecule has 0 aliphatic carbocycles. The predicted octanol–water partition coefficient (Wildman–Crippen LogP) is 2.04. The highest BCUT2D eigenvalue weighted by Gasteiger charge is 2.20. The van der Waals surface area contributed by atoms with Gasteiger partial charge in [-0.05, 0) is 34.1 Å². The van der Waals surface area contributed by atoms with E-state index < -0.39 is 17.7 Å². The Labute approximate surface area is 90.7 Å². The molecule has 0 heterocycles. The second-order valence-electron chi connectivity index (χ2n) is 4.33. The van der Waals surface area contributed by atoms with Crippen LogP contribution in [0, 0.1) is 0 Å². The van der Waals surface area contributed by atoms with Crippen LogP contribution in [0.2, 0.25) is 0 Å². The fourth-order valence-electron chi connectivity index (χ4n) is 0.943. The minimum Gasteiger partial charge on any atom is -0.444 e. The van der Waals surface area contributed by atoms with Gasteiger partial charge in [0, 0.05) is 0 Å². The van der Waals surface area contributed by atoms with Gasteiger partial charge in [0.1, 0.15) is 5.60 Å². The van der Waals surface area contributed by atoms with Crippen LogP contribution in [0.15, 0.2) is 12.7 Å². The fraction of sp³-hybridized carbons (Fsp3) is 0.636. The lowest BCUT2D eigenvalue weighted by molar-refractivity contribution is -0.118. The van der Waals surface area contributed by atoms with E-state index in [2.05, 4.69) is 11.9 Å². The zero-order chi connectivity index (χ0) is 12.1. The van der Waals surface area contributed by atoms with Crippen LogP contribution in [0.25, 0.3) is 0 Å². The Morgan fingerprint density at radius 1 is 1.47 bits per heavy atom. The number of ether oxygens (including phenoxy) is 1. The molecule has 0 aromatic carbocycles. The molecular weight excluding hydrogens is 194 g/mol. The zero-order valence-electron chi connectivity index (χ0n) is 9.79. The number of ketones is 1. The van der Waals surface area contributed by atoms with Gasteiger partial charge in [-0.15, -0.1) is 6.58 Å². The summed E-state index contributed by atoms with van der Waals surface area (Å²) >= 11 is 0. The van der Waals surface area contributed by atoms with E-state index in [4.69, 9.17) is 4.74 Å². The second-order valence-corrected chi connectivity index (χ2v) is 4.33. The fourth-order valence-corrected chi connectivity index (χ4v) is 0.943. The molecule has 0 rings (SSSR count). The SMILES string of the molecule is C=CC[C@@H](NC(=O)OC(C)(C)C)C(C)=O. The van der Waals surface area contributed by atoms with Gasteiger partial charge in [0.15, 0.2) is 5.78 Å². The molecule has 0 aliphatic heterocycles. The van der Waals surface area contributed by atoms with Gasteiger partial charge in [-0.1, -0.05) is 6.08 Å². The number of hydrogen-bond donors (Lipinski definition) is 1. The third kappa shape index (κ3) is 6.71. The van der Waals surface area contributed by atoms with Crippen molar-refractivity contribution in [2.24, 2.45) is 0 Å².